The van der Waals surface area contributed by atoms with Crippen molar-refractivity contribution in [2.45, 2.75) is 24.8 Å². The zero-order valence-corrected chi connectivity index (χ0v) is 15.7. The van der Waals surface area contributed by atoms with E-state index in [2.05, 4.69) is 21.2 Å². The second kappa shape index (κ2) is 7.73. The average molecular weight is 437 g/mol. The fourth-order valence-corrected chi connectivity index (χ4v) is 4.32. The number of aliphatic carboxylic acids is 1. The third kappa shape index (κ3) is 4.14. The number of carbonyl (C=O) groups excluding carboxylic acids is 4. The molecule has 0 saturated carbocycles. The van der Waals surface area contributed by atoms with Gasteiger partial charge in [-0.15, -0.1) is 11.8 Å². The Morgan fingerprint density at radius 1 is 1.44 bits per heavy atom. The van der Waals surface area contributed by atoms with Crippen molar-refractivity contribution in [3.05, 3.63) is 0 Å². The molecule has 0 aromatic carbocycles. The van der Waals surface area contributed by atoms with Gasteiger partial charge in [-0.3, -0.25) is 24.0 Å². The Morgan fingerprint density at radius 3 is 2.68 bits per heavy atom. The van der Waals surface area contributed by atoms with Crippen LogP contribution in [0.15, 0.2) is 0 Å². The van der Waals surface area contributed by atoms with Crippen molar-refractivity contribution in [1.29, 1.82) is 0 Å². The van der Waals surface area contributed by atoms with Crippen molar-refractivity contribution in [2.75, 3.05) is 24.2 Å². The molecular formula is C14H17BrN2O7S. The molecule has 25 heavy (non-hydrogen) atoms. The molecule has 2 heterocycles. The van der Waals surface area contributed by atoms with Gasteiger partial charge in [0.1, 0.15) is 23.4 Å². The first kappa shape index (κ1) is 19.7. The molecule has 2 aliphatic rings. The van der Waals surface area contributed by atoms with Gasteiger partial charge < -0.3 is 20.1 Å². The number of fused-ring (bicyclic) bond motifs is 1. The van der Waals surface area contributed by atoms with Crippen LogP contribution in [0, 0.1) is 5.41 Å². The summed E-state index contributed by atoms with van der Waals surface area (Å²) >= 11 is 4.16. The smallest absolute Gasteiger partial charge is 0.315 e. The van der Waals surface area contributed by atoms with E-state index in [1.54, 1.807) is 0 Å². The van der Waals surface area contributed by atoms with Gasteiger partial charge in [0.15, 0.2) is 5.78 Å². The fraction of sp³-hybridized carbons (Fsp3) is 0.643. The number of ether oxygens (including phenoxy) is 1. The Bertz CT molecular complexity index is 628. The Morgan fingerprint density at radius 2 is 2.12 bits per heavy atom. The molecule has 2 aliphatic heterocycles. The van der Waals surface area contributed by atoms with Crippen LogP contribution in [0.3, 0.4) is 0 Å². The van der Waals surface area contributed by atoms with Gasteiger partial charge in [0.05, 0.1) is 11.8 Å². The average Bonchev–Trinajstić information content (AvgIpc) is 2.57. The first-order chi connectivity index (χ1) is 11.7. The fourth-order valence-electron chi connectivity index (χ4n) is 2.60. The maximum atomic E-state index is 12.2. The second-order valence-corrected chi connectivity index (χ2v) is 7.59. The molecule has 2 fully saturated rings. The molecule has 0 aromatic rings. The maximum absolute atomic E-state index is 12.2. The van der Waals surface area contributed by atoms with E-state index in [1.165, 1.54) is 23.6 Å². The molecule has 2 unspecified atom stereocenters. The topological polar surface area (TPSA) is 130 Å². The highest BCUT2D eigenvalue weighted by atomic mass is 79.9. The summed E-state index contributed by atoms with van der Waals surface area (Å²) < 4.78 is 4.85. The summed E-state index contributed by atoms with van der Waals surface area (Å²) in [5, 5.41) is 11.7. The molecular weight excluding hydrogens is 420 g/mol. The molecule has 0 spiro atoms. The quantitative estimate of drug-likeness (QED) is 0.233. The highest BCUT2D eigenvalue weighted by Gasteiger charge is 2.57. The Kier molecular flexibility index (Phi) is 6.09. The predicted molar refractivity (Wildman–Crippen MR) is 90.0 cm³/mol. The van der Waals surface area contributed by atoms with E-state index in [1.807, 2.05) is 0 Å². The van der Waals surface area contributed by atoms with Crippen LogP contribution >= 0.6 is 27.7 Å². The minimum Gasteiger partial charge on any atom is -0.481 e. The number of carboxylic acid groups (broad SMARTS) is 1. The third-order valence-electron chi connectivity index (χ3n) is 3.97. The van der Waals surface area contributed by atoms with E-state index >= 15 is 0 Å². The number of ketones is 1. The number of nitrogens with zero attached hydrogens (tertiary/aromatic N) is 1. The van der Waals surface area contributed by atoms with Crippen LogP contribution < -0.4 is 5.32 Å². The molecule has 0 aromatic heterocycles. The van der Waals surface area contributed by atoms with E-state index in [9.17, 15) is 29.1 Å². The van der Waals surface area contributed by atoms with Crippen molar-refractivity contribution < 1.29 is 33.8 Å². The summed E-state index contributed by atoms with van der Waals surface area (Å²) in [6.45, 7) is 0.764. The van der Waals surface area contributed by atoms with Crippen molar-refractivity contribution in [3.63, 3.8) is 0 Å². The molecule has 3 atom stereocenters. The zero-order valence-electron chi connectivity index (χ0n) is 13.3. The molecule has 0 radical (unpaired) electrons. The van der Waals surface area contributed by atoms with E-state index in [-0.39, 0.29) is 41.8 Å². The highest BCUT2D eigenvalue weighted by Crippen LogP contribution is 2.42. The van der Waals surface area contributed by atoms with Gasteiger partial charge in [-0.25, -0.2) is 0 Å². The number of amides is 2. The van der Waals surface area contributed by atoms with Crippen LogP contribution in [0.1, 0.15) is 13.3 Å². The van der Waals surface area contributed by atoms with Gasteiger partial charge in [0, 0.05) is 19.2 Å². The molecule has 2 saturated heterocycles. The lowest BCUT2D eigenvalue weighted by Gasteiger charge is -2.53. The van der Waals surface area contributed by atoms with Gasteiger partial charge in [-0.2, -0.15) is 0 Å². The molecule has 138 valence electrons. The van der Waals surface area contributed by atoms with Crippen LogP contribution in [0.25, 0.3) is 0 Å². The molecule has 2 amide bonds. The van der Waals surface area contributed by atoms with Crippen molar-refractivity contribution in [2.24, 2.45) is 5.41 Å². The monoisotopic (exact) mass is 436 g/mol. The second-order valence-electron chi connectivity index (χ2n) is 5.93. The lowest BCUT2D eigenvalue weighted by molar-refractivity contribution is -0.165. The Labute approximate surface area is 155 Å². The molecule has 2 rings (SSSR count). The van der Waals surface area contributed by atoms with E-state index in [4.69, 9.17) is 4.74 Å². The van der Waals surface area contributed by atoms with Gasteiger partial charge in [-0.05, 0) is 0 Å². The molecule has 0 aliphatic carbocycles. The van der Waals surface area contributed by atoms with E-state index in [0.717, 1.165) is 0 Å². The van der Waals surface area contributed by atoms with E-state index < -0.39 is 35.2 Å². The summed E-state index contributed by atoms with van der Waals surface area (Å²) in [4.78, 5) is 59.2. The minimum atomic E-state index is -1.37. The molecule has 2 N–H and O–H groups in total. The number of hydrogen-bond acceptors (Lipinski definition) is 7. The van der Waals surface area contributed by atoms with Gasteiger partial charge in [0.2, 0.25) is 11.8 Å². The number of Topliss-reactive ketones (excluding diaryl/α,β-unsaturated/α-hetero) is 1. The van der Waals surface area contributed by atoms with Crippen LogP contribution in [-0.2, 0) is 28.7 Å². The normalized spacial score (nSPS) is 27.8. The standard InChI is InChI=1S/C14H17BrN2O7S/c1-7(18)24-5-14(13(22)23)4-17-11(21)10(12(17)25-6-14)16-9(20)2-8(19)3-15/h10,12H,2-6H2,1H3,(H,16,20)(H,22,23)/t10?,12-,14?/m1/s1. The van der Waals surface area contributed by atoms with Crippen molar-refractivity contribution in [3.8, 4) is 0 Å². The van der Waals surface area contributed by atoms with Gasteiger partial charge in [0.25, 0.3) is 0 Å². The van der Waals surface area contributed by atoms with Crippen LogP contribution in [0.2, 0.25) is 0 Å². The zero-order chi connectivity index (χ0) is 18.8. The van der Waals surface area contributed by atoms with Crippen LogP contribution in [0.4, 0.5) is 0 Å². The first-order valence-corrected chi connectivity index (χ1v) is 9.53. The number of carboxylic acids is 1. The summed E-state index contributed by atoms with van der Waals surface area (Å²) in [7, 11) is 0. The summed E-state index contributed by atoms with van der Waals surface area (Å²) in [5.41, 5.74) is -1.37. The van der Waals surface area contributed by atoms with E-state index in [0.29, 0.717) is 0 Å². The maximum Gasteiger partial charge on any atom is 0.315 e. The lowest BCUT2D eigenvalue weighted by Crippen LogP contribution is -2.74. The van der Waals surface area contributed by atoms with Crippen molar-refractivity contribution >= 4 is 57.2 Å². The van der Waals surface area contributed by atoms with Crippen molar-refractivity contribution in [1.82, 2.24) is 10.2 Å². The largest absolute Gasteiger partial charge is 0.481 e. The van der Waals surface area contributed by atoms with Gasteiger partial charge in [-0.1, -0.05) is 15.9 Å². The summed E-state index contributed by atoms with van der Waals surface area (Å²) in [5.74, 6) is -2.87. The number of carbonyl (C=O) groups is 5. The summed E-state index contributed by atoms with van der Waals surface area (Å²) in [6.07, 6.45) is -0.321. The lowest BCUT2D eigenvalue weighted by atomic mass is 9.88. The number of halogens is 1. The number of alkyl halides is 1. The van der Waals surface area contributed by atoms with Crippen LogP contribution in [0.5, 0.6) is 0 Å². The summed E-state index contributed by atoms with van der Waals surface area (Å²) in [6, 6.07) is -0.777. The third-order valence-corrected chi connectivity index (χ3v) is 6.19. The highest BCUT2D eigenvalue weighted by molar-refractivity contribution is 9.09. The number of thioether (sulfide) groups is 1. The molecule has 11 heteroatoms. The van der Waals surface area contributed by atoms with Gasteiger partial charge >= 0.3 is 11.9 Å². The SMILES string of the molecule is CC(=O)OCC1(C(=O)O)CS[C@@H]2C(NC(=O)CC(=O)CBr)C(=O)N2C1. The predicted octanol–water partition coefficient (Wildman–Crippen LogP) is -0.626. The Hall–Kier alpha value is -1.62. The first-order valence-electron chi connectivity index (χ1n) is 7.36. The number of β-lactam (4-membered cyclic amide) rings is 1. The minimum absolute atomic E-state index is 0.0562. The number of hydrogen-bond donors (Lipinski definition) is 2. The Balaban J connectivity index is 1.99. The van der Waals surface area contributed by atoms with Crippen LogP contribution in [-0.4, -0.2) is 75.2 Å². The number of rotatable bonds is 7. The molecule has 9 nitrogen and oxygen atoms in total. The number of nitrogens with one attached hydrogen (secondary N) is 1. The number of esters is 1. The molecule has 0 bridgehead atoms.